The average Bonchev–Trinajstić information content (AvgIpc) is 2.76. The number of likely N-dealkylation sites (tertiary alicyclic amines) is 1. The van der Waals surface area contributed by atoms with Crippen LogP contribution < -0.4 is 0 Å². The molecule has 1 aromatic heterocycles. The van der Waals surface area contributed by atoms with Gasteiger partial charge in [-0.25, -0.2) is 0 Å². The number of hydrogen-bond acceptors (Lipinski definition) is 1. The normalized spacial score (nSPS) is 20.1. The minimum Gasteiger partial charge on any atom is -0.354 e. The van der Waals surface area contributed by atoms with Crippen LogP contribution in [0.4, 0.5) is 0 Å². The molecule has 0 aromatic carbocycles. The lowest BCUT2D eigenvalue weighted by atomic mass is 10.1. The molecule has 0 N–H and O–H groups in total. The molecule has 1 fully saturated rings. The van der Waals surface area contributed by atoms with Crippen LogP contribution in [0, 0.1) is 5.92 Å². The van der Waals surface area contributed by atoms with Gasteiger partial charge in [0.1, 0.15) is 0 Å². The largest absolute Gasteiger partial charge is 0.354 e. The minimum atomic E-state index is 0.764. The summed E-state index contributed by atoms with van der Waals surface area (Å²) < 4.78 is 2.28. The van der Waals surface area contributed by atoms with E-state index in [1.54, 1.807) is 0 Å². The van der Waals surface area contributed by atoms with Crippen LogP contribution in [0.5, 0.6) is 0 Å². The van der Waals surface area contributed by atoms with Crippen LogP contribution in [0.25, 0.3) is 0 Å². The maximum atomic E-state index is 2.59. The quantitative estimate of drug-likeness (QED) is 0.710. The van der Waals surface area contributed by atoms with Crippen LogP contribution in [0.1, 0.15) is 19.8 Å². The zero-order valence-corrected chi connectivity index (χ0v) is 9.02. The monoisotopic (exact) mass is 192 g/mol. The Hall–Kier alpha value is -0.760. The molecule has 0 amide bonds. The smallest absolute Gasteiger partial charge is 0.0257 e. The fourth-order valence-corrected chi connectivity index (χ4v) is 2.32. The van der Waals surface area contributed by atoms with Gasteiger partial charge in [-0.1, -0.05) is 6.92 Å². The summed E-state index contributed by atoms with van der Waals surface area (Å²) in [6.07, 6.45) is 7.10. The van der Waals surface area contributed by atoms with Gasteiger partial charge in [0, 0.05) is 25.5 Å². The van der Waals surface area contributed by atoms with Gasteiger partial charge in [-0.2, -0.15) is 0 Å². The van der Waals surface area contributed by atoms with E-state index in [2.05, 4.69) is 40.9 Å². The van der Waals surface area contributed by atoms with Gasteiger partial charge in [0.15, 0.2) is 0 Å². The van der Waals surface area contributed by atoms with Crippen molar-refractivity contribution >= 4 is 0 Å². The van der Waals surface area contributed by atoms with E-state index < -0.39 is 0 Å². The van der Waals surface area contributed by atoms with Crippen molar-refractivity contribution in [3.63, 3.8) is 0 Å². The molecular formula is C12H20N2. The molecule has 2 rings (SSSR count). The second-order valence-electron chi connectivity index (χ2n) is 4.49. The zero-order valence-electron chi connectivity index (χ0n) is 9.02. The summed E-state index contributed by atoms with van der Waals surface area (Å²) >= 11 is 0. The molecule has 0 saturated carbocycles. The molecule has 2 heterocycles. The molecule has 0 spiro atoms. The summed E-state index contributed by atoms with van der Waals surface area (Å²) in [5, 5.41) is 0. The van der Waals surface area contributed by atoms with E-state index in [1.807, 2.05) is 0 Å². The number of rotatable bonds is 4. The molecule has 0 aliphatic carbocycles. The van der Waals surface area contributed by atoms with Crippen LogP contribution in [0.3, 0.4) is 0 Å². The Kier molecular flexibility index (Phi) is 3.25. The summed E-state index contributed by atoms with van der Waals surface area (Å²) in [6, 6.07) is 4.20. The Morgan fingerprint density at radius 3 is 2.36 bits per heavy atom. The van der Waals surface area contributed by atoms with E-state index >= 15 is 0 Å². The number of aromatic nitrogens is 1. The van der Waals surface area contributed by atoms with Gasteiger partial charge in [-0.3, -0.25) is 0 Å². The van der Waals surface area contributed by atoms with Crippen molar-refractivity contribution in [3.8, 4) is 0 Å². The standard InChI is InChI=1S/C12H20N2/c1-12(10-13-6-2-3-7-13)11-14-8-4-5-9-14/h2-3,6-7,12H,4-5,8-11H2,1H3. The lowest BCUT2D eigenvalue weighted by Crippen LogP contribution is -2.27. The SMILES string of the molecule is CC(CN1CCCC1)Cn1cccc1. The molecule has 1 aliphatic heterocycles. The Bertz CT molecular complexity index is 247. The maximum Gasteiger partial charge on any atom is 0.0257 e. The lowest BCUT2D eigenvalue weighted by molar-refractivity contribution is 0.272. The first-order valence-electron chi connectivity index (χ1n) is 5.68. The predicted molar refractivity (Wildman–Crippen MR) is 59.3 cm³/mol. The van der Waals surface area contributed by atoms with E-state index in [0.717, 1.165) is 12.5 Å². The van der Waals surface area contributed by atoms with Crippen molar-refractivity contribution in [2.45, 2.75) is 26.3 Å². The molecule has 2 nitrogen and oxygen atoms in total. The van der Waals surface area contributed by atoms with Crippen molar-refractivity contribution in [3.05, 3.63) is 24.5 Å². The van der Waals surface area contributed by atoms with E-state index in [9.17, 15) is 0 Å². The molecule has 1 unspecified atom stereocenters. The molecule has 1 aliphatic rings. The van der Waals surface area contributed by atoms with Crippen molar-refractivity contribution in [1.29, 1.82) is 0 Å². The third-order valence-corrected chi connectivity index (χ3v) is 2.96. The number of hydrogen-bond donors (Lipinski definition) is 0. The first-order chi connectivity index (χ1) is 6.84. The summed E-state index contributed by atoms with van der Waals surface area (Å²) in [5.41, 5.74) is 0. The van der Waals surface area contributed by atoms with Gasteiger partial charge in [0.05, 0.1) is 0 Å². The van der Waals surface area contributed by atoms with Gasteiger partial charge in [-0.05, 0) is 44.0 Å². The predicted octanol–water partition coefficient (Wildman–Crippen LogP) is 2.22. The Labute approximate surface area is 86.5 Å². The third kappa shape index (κ3) is 2.61. The highest BCUT2D eigenvalue weighted by molar-refractivity contribution is 4.90. The molecule has 0 radical (unpaired) electrons. The minimum absolute atomic E-state index is 0.764. The fraction of sp³-hybridized carbons (Fsp3) is 0.667. The van der Waals surface area contributed by atoms with E-state index in [0.29, 0.717) is 0 Å². The molecule has 1 aromatic rings. The summed E-state index contributed by atoms with van der Waals surface area (Å²) in [6.45, 7) is 7.39. The van der Waals surface area contributed by atoms with Gasteiger partial charge in [0.25, 0.3) is 0 Å². The first kappa shape index (κ1) is 9.78. The Morgan fingerprint density at radius 1 is 1.07 bits per heavy atom. The van der Waals surface area contributed by atoms with Crippen LogP contribution in [0.2, 0.25) is 0 Å². The highest BCUT2D eigenvalue weighted by Crippen LogP contribution is 2.11. The van der Waals surface area contributed by atoms with Gasteiger partial charge in [-0.15, -0.1) is 0 Å². The van der Waals surface area contributed by atoms with E-state index in [-0.39, 0.29) is 0 Å². The second kappa shape index (κ2) is 4.65. The van der Waals surface area contributed by atoms with Crippen molar-refractivity contribution < 1.29 is 0 Å². The fourth-order valence-electron chi connectivity index (χ4n) is 2.32. The van der Waals surface area contributed by atoms with Gasteiger partial charge < -0.3 is 9.47 Å². The summed E-state index contributed by atoms with van der Waals surface area (Å²) in [5.74, 6) is 0.764. The highest BCUT2D eigenvalue weighted by Gasteiger charge is 2.14. The van der Waals surface area contributed by atoms with Gasteiger partial charge >= 0.3 is 0 Å². The van der Waals surface area contributed by atoms with E-state index in [1.165, 1.54) is 32.5 Å². The van der Waals surface area contributed by atoms with Gasteiger partial charge in [0.2, 0.25) is 0 Å². The lowest BCUT2D eigenvalue weighted by Gasteiger charge is -2.20. The molecule has 2 heteroatoms. The summed E-state index contributed by atoms with van der Waals surface area (Å²) in [7, 11) is 0. The molecule has 78 valence electrons. The number of nitrogens with zero attached hydrogens (tertiary/aromatic N) is 2. The Balaban J connectivity index is 1.75. The van der Waals surface area contributed by atoms with Crippen molar-refractivity contribution in [2.24, 2.45) is 5.92 Å². The molecule has 1 saturated heterocycles. The van der Waals surface area contributed by atoms with Crippen molar-refractivity contribution in [2.75, 3.05) is 19.6 Å². The van der Waals surface area contributed by atoms with Crippen LogP contribution in [0.15, 0.2) is 24.5 Å². The van der Waals surface area contributed by atoms with Crippen LogP contribution >= 0.6 is 0 Å². The van der Waals surface area contributed by atoms with Crippen molar-refractivity contribution in [1.82, 2.24) is 9.47 Å². The maximum absolute atomic E-state index is 2.59. The second-order valence-corrected chi connectivity index (χ2v) is 4.49. The zero-order chi connectivity index (χ0) is 9.80. The highest BCUT2D eigenvalue weighted by atomic mass is 15.1. The van der Waals surface area contributed by atoms with Crippen LogP contribution in [-0.2, 0) is 6.54 Å². The third-order valence-electron chi connectivity index (χ3n) is 2.96. The van der Waals surface area contributed by atoms with Crippen LogP contribution in [-0.4, -0.2) is 29.1 Å². The first-order valence-corrected chi connectivity index (χ1v) is 5.68. The molecule has 0 bridgehead atoms. The average molecular weight is 192 g/mol. The molecular weight excluding hydrogens is 172 g/mol. The van der Waals surface area contributed by atoms with E-state index in [4.69, 9.17) is 0 Å². The molecule has 1 atom stereocenters. The molecule has 14 heavy (non-hydrogen) atoms. The Morgan fingerprint density at radius 2 is 1.71 bits per heavy atom. The summed E-state index contributed by atoms with van der Waals surface area (Å²) in [4.78, 5) is 2.59. The topological polar surface area (TPSA) is 8.17 Å².